The summed E-state index contributed by atoms with van der Waals surface area (Å²) in [7, 11) is 2.99. The summed E-state index contributed by atoms with van der Waals surface area (Å²) in [5, 5.41) is 0.559. The van der Waals surface area contributed by atoms with Crippen LogP contribution in [-0.4, -0.2) is 20.0 Å². The van der Waals surface area contributed by atoms with Gasteiger partial charge in [-0.25, -0.2) is 0 Å². The summed E-state index contributed by atoms with van der Waals surface area (Å²) in [6.45, 7) is 0. The molecule has 5 heteroatoms. The van der Waals surface area contributed by atoms with E-state index in [1.54, 1.807) is 36.4 Å². The molecule has 0 radical (unpaired) electrons. The Hall–Kier alpha value is -1.71. The zero-order valence-corrected chi connectivity index (χ0v) is 12.5. The maximum atomic E-state index is 12.6. The molecule has 20 heavy (non-hydrogen) atoms. The molecule has 0 saturated carbocycles. The molecule has 2 aromatic carbocycles. The normalized spacial score (nSPS) is 10.2. The maximum Gasteiger partial charge on any atom is 0.198 e. The second-order valence-electron chi connectivity index (χ2n) is 3.97. The number of ether oxygens (including phenoxy) is 2. The molecule has 0 saturated heterocycles. The van der Waals surface area contributed by atoms with E-state index in [9.17, 15) is 4.79 Å². The smallest absolute Gasteiger partial charge is 0.198 e. The molecule has 0 amide bonds. The fourth-order valence-corrected chi connectivity index (χ4v) is 2.28. The highest BCUT2D eigenvalue weighted by atomic mass is 35.5. The number of halogens is 2. The number of benzene rings is 2. The Morgan fingerprint density at radius 2 is 1.60 bits per heavy atom. The number of hydrogen-bond donors (Lipinski definition) is 0. The maximum absolute atomic E-state index is 12.6. The van der Waals surface area contributed by atoms with E-state index in [-0.39, 0.29) is 10.8 Å². The van der Waals surface area contributed by atoms with Crippen LogP contribution in [0.3, 0.4) is 0 Å². The van der Waals surface area contributed by atoms with E-state index < -0.39 is 0 Å². The molecular formula is C15H12Cl2O3. The minimum atomic E-state index is -0.270. The Bertz CT molecular complexity index is 654. The quantitative estimate of drug-likeness (QED) is 0.792. The van der Waals surface area contributed by atoms with Crippen LogP contribution in [0.5, 0.6) is 11.5 Å². The molecule has 0 aliphatic rings. The summed E-state index contributed by atoms with van der Waals surface area (Å²) in [5.74, 6) is 0.584. The van der Waals surface area contributed by atoms with Crippen LogP contribution in [0.1, 0.15) is 15.9 Å². The van der Waals surface area contributed by atoms with Gasteiger partial charge in [-0.1, -0.05) is 35.3 Å². The first-order valence-electron chi connectivity index (χ1n) is 5.79. The van der Waals surface area contributed by atoms with Gasteiger partial charge in [0.25, 0.3) is 0 Å². The van der Waals surface area contributed by atoms with Crippen molar-refractivity contribution in [2.45, 2.75) is 0 Å². The lowest BCUT2D eigenvalue weighted by molar-refractivity contribution is 0.103. The zero-order valence-electron chi connectivity index (χ0n) is 10.9. The van der Waals surface area contributed by atoms with Gasteiger partial charge in [-0.3, -0.25) is 4.79 Å². The molecule has 0 spiro atoms. The molecule has 2 rings (SSSR count). The number of carbonyl (C=O) groups is 1. The van der Waals surface area contributed by atoms with Crippen molar-refractivity contribution in [3.8, 4) is 11.5 Å². The van der Waals surface area contributed by atoms with Gasteiger partial charge in [0.05, 0.1) is 29.8 Å². The Morgan fingerprint density at radius 1 is 0.950 bits per heavy atom. The molecular weight excluding hydrogens is 299 g/mol. The molecule has 104 valence electrons. The van der Waals surface area contributed by atoms with Crippen molar-refractivity contribution in [2.24, 2.45) is 0 Å². The van der Waals surface area contributed by atoms with Gasteiger partial charge >= 0.3 is 0 Å². The van der Waals surface area contributed by atoms with E-state index in [1.807, 2.05) is 0 Å². The lowest BCUT2D eigenvalue weighted by Crippen LogP contribution is -2.06. The highest BCUT2D eigenvalue weighted by Gasteiger charge is 2.20. The molecule has 0 heterocycles. The van der Waals surface area contributed by atoms with E-state index >= 15 is 0 Å². The van der Waals surface area contributed by atoms with Crippen molar-refractivity contribution in [1.82, 2.24) is 0 Å². The summed E-state index contributed by atoms with van der Waals surface area (Å²) >= 11 is 12.0. The minimum Gasteiger partial charge on any atom is -0.493 e. The summed E-state index contributed by atoms with van der Waals surface area (Å²) in [5.41, 5.74) is 0.696. The van der Waals surface area contributed by atoms with E-state index in [4.69, 9.17) is 32.7 Å². The lowest BCUT2D eigenvalue weighted by Gasteiger charge is -2.12. The SMILES string of the molecule is COc1cccc(C(=O)c2cccc(Cl)c2Cl)c1OC. The fraction of sp³-hybridized carbons (Fsp3) is 0.133. The molecule has 0 atom stereocenters. The van der Waals surface area contributed by atoms with Gasteiger partial charge in [-0.05, 0) is 24.3 Å². The van der Waals surface area contributed by atoms with Crippen LogP contribution in [0, 0.1) is 0 Å². The second-order valence-corrected chi connectivity index (χ2v) is 4.76. The molecule has 0 fully saturated rings. The monoisotopic (exact) mass is 310 g/mol. The van der Waals surface area contributed by atoms with Crippen LogP contribution in [-0.2, 0) is 0 Å². The van der Waals surface area contributed by atoms with Crippen molar-refractivity contribution in [1.29, 1.82) is 0 Å². The van der Waals surface area contributed by atoms with E-state index in [1.165, 1.54) is 14.2 Å². The second kappa shape index (κ2) is 6.16. The van der Waals surface area contributed by atoms with Crippen LogP contribution >= 0.6 is 23.2 Å². The van der Waals surface area contributed by atoms with Crippen LogP contribution in [0.4, 0.5) is 0 Å². The molecule has 0 aliphatic carbocycles. The number of para-hydroxylation sites is 1. The first-order valence-corrected chi connectivity index (χ1v) is 6.55. The van der Waals surface area contributed by atoms with Crippen molar-refractivity contribution < 1.29 is 14.3 Å². The van der Waals surface area contributed by atoms with Gasteiger partial charge in [-0.15, -0.1) is 0 Å². The summed E-state index contributed by atoms with van der Waals surface area (Å²) in [4.78, 5) is 12.6. The first-order chi connectivity index (χ1) is 9.60. The highest BCUT2D eigenvalue weighted by Crippen LogP contribution is 2.34. The average molecular weight is 311 g/mol. The van der Waals surface area contributed by atoms with Gasteiger partial charge in [-0.2, -0.15) is 0 Å². The number of methoxy groups -OCH3 is 2. The largest absolute Gasteiger partial charge is 0.493 e. The van der Waals surface area contributed by atoms with Gasteiger partial charge in [0.15, 0.2) is 17.3 Å². The van der Waals surface area contributed by atoms with Crippen molar-refractivity contribution >= 4 is 29.0 Å². The standard InChI is InChI=1S/C15H12Cl2O3/c1-19-12-8-4-6-10(15(12)20-2)14(18)9-5-3-7-11(16)13(9)17/h3-8H,1-2H3. The van der Waals surface area contributed by atoms with Crippen LogP contribution in [0.15, 0.2) is 36.4 Å². The summed E-state index contributed by atoms with van der Waals surface area (Å²) < 4.78 is 10.4. The molecule has 0 bridgehead atoms. The zero-order chi connectivity index (χ0) is 14.7. The Morgan fingerprint density at radius 3 is 2.25 bits per heavy atom. The van der Waals surface area contributed by atoms with Crippen LogP contribution < -0.4 is 9.47 Å². The predicted octanol–water partition coefficient (Wildman–Crippen LogP) is 4.24. The number of ketones is 1. The van der Waals surface area contributed by atoms with Gasteiger partial charge < -0.3 is 9.47 Å². The van der Waals surface area contributed by atoms with Crippen LogP contribution in [0.2, 0.25) is 10.0 Å². The lowest BCUT2D eigenvalue weighted by atomic mass is 10.0. The van der Waals surface area contributed by atoms with E-state index in [2.05, 4.69) is 0 Å². The minimum absolute atomic E-state index is 0.226. The van der Waals surface area contributed by atoms with Gasteiger partial charge in [0, 0.05) is 5.56 Å². The third-order valence-corrected chi connectivity index (χ3v) is 3.66. The fourth-order valence-electron chi connectivity index (χ4n) is 1.89. The van der Waals surface area contributed by atoms with Gasteiger partial charge in [0.2, 0.25) is 0 Å². The molecule has 3 nitrogen and oxygen atoms in total. The van der Waals surface area contributed by atoms with E-state index in [0.29, 0.717) is 27.6 Å². The van der Waals surface area contributed by atoms with Gasteiger partial charge in [0.1, 0.15) is 0 Å². The Labute approximate surface area is 127 Å². The first kappa shape index (κ1) is 14.7. The van der Waals surface area contributed by atoms with Crippen molar-refractivity contribution in [2.75, 3.05) is 14.2 Å². The van der Waals surface area contributed by atoms with Crippen LogP contribution in [0.25, 0.3) is 0 Å². The predicted molar refractivity (Wildman–Crippen MR) is 79.4 cm³/mol. The Balaban J connectivity index is 2.57. The Kier molecular flexibility index (Phi) is 4.53. The molecule has 0 N–H and O–H groups in total. The third-order valence-electron chi connectivity index (χ3n) is 2.84. The number of hydrogen-bond acceptors (Lipinski definition) is 3. The van der Waals surface area contributed by atoms with E-state index in [0.717, 1.165) is 0 Å². The van der Waals surface area contributed by atoms with Crippen molar-refractivity contribution in [3.63, 3.8) is 0 Å². The summed E-state index contributed by atoms with van der Waals surface area (Å²) in [6, 6.07) is 10.0. The summed E-state index contributed by atoms with van der Waals surface area (Å²) in [6.07, 6.45) is 0. The molecule has 0 aromatic heterocycles. The number of carbonyl (C=O) groups excluding carboxylic acids is 1. The molecule has 0 aliphatic heterocycles. The third kappa shape index (κ3) is 2.60. The molecule has 0 unspecified atom stereocenters. The highest BCUT2D eigenvalue weighted by molar-refractivity contribution is 6.44. The topological polar surface area (TPSA) is 35.5 Å². The number of rotatable bonds is 4. The average Bonchev–Trinajstić information content (AvgIpc) is 2.48. The molecule has 2 aromatic rings. The van der Waals surface area contributed by atoms with Crippen molar-refractivity contribution in [3.05, 3.63) is 57.6 Å².